The van der Waals surface area contributed by atoms with Gasteiger partial charge in [-0.3, -0.25) is 14.5 Å². The molecule has 5 heteroatoms. The number of hydrogen-bond acceptors (Lipinski definition) is 4. The Hall–Kier alpha value is -1.43. The molecule has 1 fully saturated rings. The molecule has 1 aromatic rings. The average molecular weight is 263 g/mol. The highest BCUT2D eigenvalue weighted by Crippen LogP contribution is 2.13. The molecular formula is C14H21N3O2. The molecule has 0 aliphatic carbocycles. The van der Waals surface area contributed by atoms with E-state index in [2.05, 4.69) is 34.6 Å². The maximum Gasteiger partial charge on any atom is 0.245 e. The lowest BCUT2D eigenvalue weighted by molar-refractivity contribution is -0.126. The summed E-state index contributed by atoms with van der Waals surface area (Å²) in [6.45, 7) is 2.90. The summed E-state index contributed by atoms with van der Waals surface area (Å²) in [4.78, 5) is 18.1. The van der Waals surface area contributed by atoms with Gasteiger partial charge >= 0.3 is 0 Å². The molecule has 1 unspecified atom stereocenters. The number of carbonyl (C=O) groups is 1. The van der Waals surface area contributed by atoms with E-state index >= 15 is 0 Å². The molecule has 1 heterocycles. The van der Waals surface area contributed by atoms with Crippen molar-refractivity contribution in [1.29, 1.82) is 0 Å². The predicted octanol–water partition coefficient (Wildman–Crippen LogP) is 0.658. The minimum Gasteiger partial charge on any atom is -0.368 e. The summed E-state index contributed by atoms with van der Waals surface area (Å²) in [6, 6.07) is 10.7. The van der Waals surface area contributed by atoms with Crippen LogP contribution in [0.2, 0.25) is 0 Å². The molecule has 0 spiro atoms. The lowest BCUT2D eigenvalue weighted by Crippen LogP contribution is -2.45. The summed E-state index contributed by atoms with van der Waals surface area (Å²) in [5.41, 5.74) is 9.27. The van der Waals surface area contributed by atoms with E-state index in [0.29, 0.717) is 0 Å². The SMILES string of the molecule is NC(=O)CONC1CCCN(Cc2ccccc2)C1. The zero-order chi connectivity index (χ0) is 13.5. The fraction of sp³-hybridized carbons (Fsp3) is 0.500. The lowest BCUT2D eigenvalue weighted by Gasteiger charge is -2.32. The zero-order valence-corrected chi connectivity index (χ0v) is 11.0. The van der Waals surface area contributed by atoms with Crippen molar-refractivity contribution < 1.29 is 9.63 Å². The summed E-state index contributed by atoms with van der Waals surface area (Å²) in [5.74, 6) is -0.454. The third kappa shape index (κ3) is 4.98. The molecule has 3 N–H and O–H groups in total. The van der Waals surface area contributed by atoms with E-state index in [-0.39, 0.29) is 12.6 Å². The van der Waals surface area contributed by atoms with Gasteiger partial charge in [-0.05, 0) is 24.9 Å². The van der Waals surface area contributed by atoms with Crippen LogP contribution in [-0.4, -0.2) is 36.5 Å². The van der Waals surface area contributed by atoms with Crippen LogP contribution < -0.4 is 11.2 Å². The number of carbonyl (C=O) groups excluding carboxylic acids is 1. The Bertz CT molecular complexity index is 397. The smallest absolute Gasteiger partial charge is 0.245 e. The van der Waals surface area contributed by atoms with Crippen LogP contribution in [0.25, 0.3) is 0 Å². The molecule has 1 saturated heterocycles. The molecule has 1 atom stereocenters. The van der Waals surface area contributed by atoms with Crippen LogP contribution in [-0.2, 0) is 16.2 Å². The Balaban J connectivity index is 1.75. The number of likely N-dealkylation sites (tertiary alicyclic amines) is 1. The fourth-order valence-corrected chi connectivity index (χ4v) is 2.37. The third-order valence-corrected chi connectivity index (χ3v) is 3.22. The van der Waals surface area contributed by atoms with E-state index in [1.165, 1.54) is 5.56 Å². The fourth-order valence-electron chi connectivity index (χ4n) is 2.37. The highest BCUT2D eigenvalue weighted by Gasteiger charge is 2.19. The quantitative estimate of drug-likeness (QED) is 0.740. The van der Waals surface area contributed by atoms with Crippen LogP contribution in [0.3, 0.4) is 0 Å². The predicted molar refractivity (Wildman–Crippen MR) is 73.0 cm³/mol. The van der Waals surface area contributed by atoms with E-state index in [1.54, 1.807) is 0 Å². The van der Waals surface area contributed by atoms with Crippen molar-refractivity contribution in [2.45, 2.75) is 25.4 Å². The monoisotopic (exact) mass is 263 g/mol. The number of nitrogens with zero attached hydrogens (tertiary/aromatic N) is 1. The van der Waals surface area contributed by atoms with E-state index in [0.717, 1.165) is 32.5 Å². The second-order valence-electron chi connectivity index (χ2n) is 4.93. The van der Waals surface area contributed by atoms with Crippen molar-refractivity contribution in [3.05, 3.63) is 35.9 Å². The molecule has 2 rings (SSSR count). The first-order valence-electron chi connectivity index (χ1n) is 6.66. The van der Waals surface area contributed by atoms with Gasteiger partial charge in [0.05, 0.1) is 0 Å². The number of hydrogen-bond donors (Lipinski definition) is 2. The lowest BCUT2D eigenvalue weighted by atomic mass is 10.1. The minimum atomic E-state index is -0.454. The molecule has 104 valence electrons. The average Bonchev–Trinajstić information content (AvgIpc) is 2.40. The largest absolute Gasteiger partial charge is 0.368 e. The van der Waals surface area contributed by atoms with Gasteiger partial charge in [0.2, 0.25) is 5.91 Å². The first-order chi connectivity index (χ1) is 9.24. The number of hydroxylamine groups is 1. The normalized spacial score (nSPS) is 20.3. The molecule has 19 heavy (non-hydrogen) atoms. The van der Waals surface area contributed by atoms with Gasteiger partial charge in [-0.2, -0.15) is 5.48 Å². The number of nitrogens with one attached hydrogen (secondary N) is 1. The molecular weight excluding hydrogens is 242 g/mol. The van der Waals surface area contributed by atoms with Crippen LogP contribution in [0, 0.1) is 0 Å². The van der Waals surface area contributed by atoms with E-state index < -0.39 is 5.91 Å². The highest BCUT2D eigenvalue weighted by atomic mass is 16.6. The van der Waals surface area contributed by atoms with Gasteiger partial charge in [-0.25, -0.2) is 0 Å². The summed E-state index contributed by atoms with van der Waals surface area (Å²) < 4.78 is 0. The van der Waals surface area contributed by atoms with Gasteiger partial charge in [-0.15, -0.1) is 0 Å². The second kappa shape index (κ2) is 7.23. The van der Waals surface area contributed by atoms with E-state index in [1.807, 2.05) is 6.07 Å². The zero-order valence-electron chi connectivity index (χ0n) is 11.0. The van der Waals surface area contributed by atoms with Crippen molar-refractivity contribution in [1.82, 2.24) is 10.4 Å². The maximum absolute atomic E-state index is 10.6. The maximum atomic E-state index is 10.6. The van der Waals surface area contributed by atoms with Crippen LogP contribution >= 0.6 is 0 Å². The number of amides is 1. The first kappa shape index (κ1) is 14.0. The molecule has 0 bridgehead atoms. The van der Waals surface area contributed by atoms with Crippen molar-refractivity contribution in [3.63, 3.8) is 0 Å². The number of rotatable bonds is 6. The van der Waals surface area contributed by atoms with Crippen molar-refractivity contribution in [2.24, 2.45) is 5.73 Å². The highest BCUT2D eigenvalue weighted by molar-refractivity contribution is 5.74. The second-order valence-corrected chi connectivity index (χ2v) is 4.93. The van der Waals surface area contributed by atoms with Crippen LogP contribution in [0.4, 0.5) is 0 Å². The molecule has 1 amide bonds. The van der Waals surface area contributed by atoms with Crippen molar-refractivity contribution >= 4 is 5.91 Å². The standard InChI is InChI=1S/C14H21N3O2/c15-14(18)11-19-16-13-7-4-8-17(10-13)9-12-5-2-1-3-6-12/h1-3,5-6,13,16H,4,7-11H2,(H2,15,18). The van der Waals surface area contributed by atoms with Crippen molar-refractivity contribution in [3.8, 4) is 0 Å². The minimum absolute atomic E-state index is 0.0742. The molecule has 1 aliphatic rings. The topological polar surface area (TPSA) is 67.6 Å². The molecule has 0 aromatic heterocycles. The Labute approximate surface area is 113 Å². The Morgan fingerprint density at radius 1 is 1.42 bits per heavy atom. The molecule has 0 radical (unpaired) electrons. The Kier molecular flexibility index (Phi) is 5.32. The molecule has 1 aromatic carbocycles. The van der Waals surface area contributed by atoms with Crippen molar-refractivity contribution in [2.75, 3.05) is 19.7 Å². The number of primary amides is 1. The van der Waals surface area contributed by atoms with Gasteiger partial charge in [0.25, 0.3) is 0 Å². The number of benzene rings is 1. The summed E-state index contributed by atoms with van der Waals surface area (Å²) in [5, 5.41) is 0. The first-order valence-corrected chi connectivity index (χ1v) is 6.66. The third-order valence-electron chi connectivity index (χ3n) is 3.22. The Morgan fingerprint density at radius 2 is 2.21 bits per heavy atom. The van der Waals surface area contributed by atoms with Crippen LogP contribution in [0.5, 0.6) is 0 Å². The summed E-state index contributed by atoms with van der Waals surface area (Å²) in [6.07, 6.45) is 2.19. The molecule has 1 aliphatic heterocycles. The van der Waals surface area contributed by atoms with Gasteiger partial charge in [0.15, 0.2) is 0 Å². The van der Waals surface area contributed by atoms with E-state index in [4.69, 9.17) is 10.6 Å². The Morgan fingerprint density at radius 3 is 2.95 bits per heavy atom. The van der Waals surface area contributed by atoms with Gasteiger partial charge in [-0.1, -0.05) is 30.3 Å². The number of piperidine rings is 1. The molecule has 5 nitrogen and oxygen atoms in total. The summed E-state index contributed by atoms with van der Waals surface area (Å²) >= 11 is 0. The van der Waals surface area contributed by atoms with Crippen LogP contribution in [0.1, 0.15) is 18.4 Å². The number of nitrogens with two attached hydrogens (primary N) is 1. The van der Waals surface area contributed by atoms with E-state index in [9.17, 15) is 4.79 Å². The molecule has 0 saturated carbocycles. The van der Waals surface area contributed by atoms with Crippen LogP contribution in [0.15, 0.2) is 30.3 Å². The van der Waals surface area contributed by atoms with Gasteiger partial charge < -0.3 is 5.73 Å². The van der Waals surface area contributed by atoms with Gasteiger partial charge in [0.1, 0.15) is 6.61 Å². The summed E-state index contributed by atoms with van der Waals surface area (Å²) in [7, 11) is 0. The van der Waals surface area contributed by atoms with Gasteiger partial charge in [0, 0.05) is 19.1 Å².